The highest BCUT2D eigenvalue weighted by Gasteiger charge is 2.58. The van der Waals surface area contributed by atoms with E-state index in [1.165, 1.54) is 24.8 Å². The Morgan fingerprint density at radius 2 is 1.70 bits per heavy atom. The summed E-state index contributed by atoms with van der Waals surface area (Å²) in [6.07, 6.45) is 11.1. The zero-order valence-electron chi connectivity index (χ0n) is 14.3. The number of hydrogen-bond acceptors (Lipinski definition) is 4. The summed E-state index contributed by atoms with van der Waals surface area (Å²) in [5.41, 5.74) is 3.81. The highest BCUT2D eigenvalue weighted by Crippen LogP contribution is 2.64. The molecule has 4 aliphatic carbocycles. The van der Waals surface area contributed by atoms with Gasteiger partial charge in [0.15, 0.2) is 0 Å². The first-order chi connectivity index (χ1) is 11.0. The maximum Gasteiger partial charge on any atom is 0.0795 e. The van der Waals surface area contributed by atoms with E-state index in [1.54, 1.807) is 0 Å². The molecule has 0 spiro atoms. The minimum absolute atomic E-state index is 0.125. The first-order valence-electron chi connectivity index (χ1n) is 9.16. The first-order valence-corrected chi connectivity index (χ1v) is 9.16. The molecule has 0 amide bonds. The molecule has 23 heavy (non-hydrogen) atoms. The summed E-state index contributed by atoms with van der Waals surface area (Å²) in [5.74, 6) is 2.17. The van der Waals surface area contributed by atoms with Gasteiger partial charge in [-0.1, -0.05) is 29.7 Å². The number of hydrogen-bond donors (Lipinski definition) is 2. The van der Waals surface area contributed by atoms with E-state index in [-0.39, 0.29) is 10.8 Å². The summed E-state index contributed by atoms with van der Waals surface area (Å²) in [6, 6.07) is 0. The van der Waals surface area contributed by atoms with E-state index >= 15 is 0 Å². The Kier molecular flexibility index (Phi) is 3.37. The smallest absolute Gasteiger partial charge is 0.0795 e. The SMILES string of the molecule is CC12CCC(=NO)C=C1CCC1C2CCC2(C)C(=NO)CCC12. The van der Waals surface area contributed by atoms with Crippen molar-refractivity contribution in [2.45, 2.75) is 65.2 Å². The van der Waals surface area contributed by atoms with Crippen LogP contribution in [0.25, 0.3) is 0 Å². The van der Waals surface area contributed by atoms with Gasteiger partial charge in [0.2, 0.25) is 0 Å². The third-order valence-electron chi connectivity index (χ3n) is 7.97. The largest absolute Gasteiger partial charge is 0.411 e. The predicted octanol–water partition coefficient (Wildman–Crippen LogP) is 4.61. The number of oxime groups is 2. The molecule has 0 heterocycles. The summed E-state index contributed by atoms with van der Waals surface area (Å²) in [6.45, 7) is 4.78. The monoisotopic (exact) mass is 316 g/mol. The topological polar surface area (TPSA) is 65.2 Å². The average molecular weight is 316 g/mol. The lowest BCUT2D eigenvalue weighted by Gasteiger charge is -2.57. The van der Waals surface area contributed by atoms with Crippen molar-refractivity contribution in [3.8, 4) is 0 Å². The van der Waals surface area contributed by atoms with Crippen molar-refractivity contribution in [1.82, 2.24) is 0 Å². The Morgan fingerprint density at radius 1 is 0.913 bits per heavy atom. The molecule has 0 radical (unpaired) electrons. The van der Waals surface area contributed by atoms with Gasteiger partial charge in [-0.15, -0.1) is 0 Å². The van der Waals surface area contributed by atoms with Crippen LogP contribution in [0.3, 0.4) is 0 Å². The lowest BCUT2D eigenvalue weighted by molar-refractivity contribution is -0.0160. The van der Waals surface area contributed by atoms with Crippen molar-refractivity contribution >= 4 is 11.4 Å². The maximum atomic E-state index is 9.40. The highest BCUT2D eigenvalue weighted by molar-refractivity contribution is 5.96. The molecule has 4 rings (SSSR count). The molecule has 4 aliphatic rings. The van der Waals surface area contributed by atoms with Gasteiger partial charge in [-0.05, 0) is 80.6 Å². The molecule has 0 aliphatic heterocycles. The highest BCUT2D eigenvalue weighted by atomic mass is 16.4. The summed E-state index contributed by atoms with van der Waals surface area (Å²) in [7, 11) is 0. The molecule has 0 aromatic heterocycles. The zero-order chi connectivity index (χ0) is 16.2. The molecule has 0 aromatic rings. The number of rotatable bonds is 0. The van der Waals surface area contributed by atoms with Gasteiger partial charge in [0.05, 0.1) is 11.4 Å². The Hall–Kier alpha value is -1.32. The molecule has 4 nitrogen and oxygen atoms in total. The lowest BCUT2D eigenvalue weighted by atomic mass is 9.47. The number of nitrogens with zero attached hydrogens (tertiary/aromatic N) is 2. The molecular weight excluding hydrogens is 288 g/mol. The molecule has 0 bridgehead atoms. The zero-order valence-corrected chi connectivity index (χ0v) is 14.3. The van der Waals surface area contributed by atoms with Gasteiger partial charge in [-0.2, -0.15) is 0 Å². The molecule has 126 valence electrons. The molecular formula is C19H28N2O2. The van der Waals surface area contributed by atoms with Crippen LogP contribution in [0, 0.1) is 28.6 Å². The van der Waals surface area contributed by atoms with Crippen LogP contribution < -0.4 is 0 Å². The minimum Gasteiger partial charge on any atom is -0.411 e. The standard InChI is InChI=1S/C19H28N2O2/c1-18-9-7-13(20-22)11-12(18)3-4-14-15-5-6-17(21-23)19(15,2)10-8-16(14)18/h11,14-16,22-23H,3-10H2,1-2H3. The third kappa shape index (κ3) is 1.96. The second-order valence-corrected chi connectivity index (χ2v) is 8.64. The van der Waals surface area contributed by atoms with Gasteiger partial charge in [0.25, 0.3) is 0 Å². The summed E-state index contributed by atoms with van der Waals surface area (Å²) in [5, 5.41) is 25.6. The fourth-order valence-corrected chi connectivity index (χ4v) is 6.60. The fourth-order valence-electron chi connectivity index (χ4n) is 6.60. The van der Waals surface area contributed by atoms with Crippen LogP contribution in [0.1, 0.15) is 65.2 Å². The van der Waals surface area contributed by atoms with E-state index < -0.39 is 0 Å². The fraction of sp³-hybridized carbons (Fsp3) is 0.789. The number of allylic oxidation sites excluding steroid dienone is 2. The van der Waals surface area contributed by atoms with E-state index in [0.29, 0.717) is 5.92 Å². The van der Waals surface area contributed by atoms with Crippen LogP contribution in [0.5, 0.6) is 0 Å². The van der Waals surface area contributed by atoms with Crippen molar-refractivity contribution in [2.75, 3.05) is 0 Å². The van der Waals surface area contributed by atoms with Crippen molar-refractivity contribution < 1.29 is 10.4 Å². The van der Waals surface area contributed by atoms with Crippen LogP contribution in [-0.2, 0) is 0 Å². The summed E-state index contributed by atoms with van der Waals surface area (Å²) < 4.78 is 0. The van der Waals surface area contributed by atoms with Crippen molar-refractivity contribution in [3.05, 3.63) is 11.6 Å². The van der Waals surface area contributed by atoms with Crippen LogP contribution in [0.2, 0.25) is 0 Å². The lowest BCUT2D eigenvalue weighted by Crippen LogP contribution is -2.50. The van der Waals surface area contributed by atoms with Crippen LogP contribution in [0.4, 0.5) is 0 Å². The Balaban J connectivity index is 1.68. The van der Waals surface area contributed by atoms with Gasteiger partial charge in [-0.25, -0.2) is 0 Å². The molecule has 3 saturated carbocycles. The second kappa shape index (κ2) is 5.09. The van der Waals surface area contributed by atoms with Crippen molar-refractivity contribution in [2.24, 2.45) is 38.9 Å². The van der Waals surface area contributed by atoms with Gasteiger partial charge >= 0.3 is 0 Å². The summed E-state index contributed by atoms with van der Waals surface area (Å²) >= 11 is 0. The number of fused-ring (bicyclic) bond motifs is 5. The predicted molar refractivity (Wildman–Crippen MR) is 90.1 cm³/mol. The quantitative estimate of drug-likeness (QED) is 0.506. The van der Waals surface area contributed by atoms with Gasteiger partial charge in [0.1, 0.15) is 0 Å². The minimum atomic E-state index is 0.125. The molecule has 3 fully saturated rings. The third-order valence-corrected chi connectivity index (χ3v) is 7.97. The molecule has 5 unspecified atom stereocenters. The molecule has 4 heteroatoms. The maximum absolute atomic E-state index is 9.40. The van der Waals surface area contributed by atoms with E-state index in [1.807, 2.05) is 0 Å². The molecule has 0 saturated heterocycles. The van der Waals surface area contributed by atoms with Crippen LogP contribution in [0.15, 0.2) is 22.0 Å². The van der Waals surface area contributed by atoms with E-state index in [4.69, 9.17) is 5.21 Å². The van der Waals surface area contributed by atoms with E-state index in [9.17, 15) is 5.21 Å². The Bertz CT molecular complexity index is 608. The van der Waals surface area contributed by atoms with Gasteiger partial charge in [0, 0.05) is 5.41 Å². The summed E-state index contributed by atoms with van der Waals surface area (Å²) in [4.78, 5) is 0. The van der Waals surface area contributed by atoms with E-state index in [2.05, 4.69) is 30.2 Å². The van der Waals surface area contributed by atoms with Crippen LogP contribution in [-0.4, -0.2) is 21.8 Å². The van der Waals surface area contributed by atoms with Crippen LogP contribution >= 0.6 is 0 Å². The first kappa shape index (κ1) is 15.2. The Labute approximate surface area is 138 Å². The normalized spacial score (nSPS) is 49.5. The van der Waals surface area contributed by atoms with E-state index in [0.717, 1.165) is 55.4 Å². The van der Waals surface area contributed by atoms with Gasteiger partial charge in [-0.3, -0.25) is 0 Å². The Morgan fingerprint density at radius 3 is 2.43 bits per heavy atom. The van der Waals surface area contributed by atoms with Crippen molar-refractivity contribution in [3.63, 3.8) is 0 Å². The molecule has 2 N–H and O–H groups in total. The second-order valence-electron chi connectivity index (χ2n) is 8.64. The van der Waals surface area contributed by atoms with Crippen molar-refractivity contribution in [1.29, 1.82) is 0 Å². The average Bonchev–Trinajstić information content (AvgIpc) is 2.90. The van der Waals surface area contributed by atoms with Gasteiger partial charge < -0.3 is 10.4 Å². The molecule has 0 aromatic carbocycles. The molecule has 5 atom stereocenters.